The molecular formula is C23H20Cl3N3O2. The second-order valence-electron chi connectivity index (χ2n) is 7.45. The van der Waals surface area contributed by atoms with Crippen LogP contribution in [0.1, 0.15) is 23.2 Å². The van der Waals surface area contributed by atoms with E-state index in [0.29, 0.717) is 52.2 Å². The summed E-state index contributed by atoms with van der Waals surface area (Å²) in [5.74, 6) is -0.387. The average molecular weight is 477 g/mol. The lowest BCUT2D eigenvalue weighted by Gasteiger charge is -2.31. The Morgan fingerprint density at radius 1 is 0.903 bits per heavy atom. The second-order valence-corrected chi connectivity index (χ2v) is 8.70. The SMILES string of the molecule is O=C(NNc1c(Cl)cc(Cl)cc1Cl)C1CCN(C(=O)c2cccc3ccccc23)CC1. The summed E-state index contributed by atoms with van der Waals surface area (Å²) >= 11 is 18.2. The molecule has 0 radical (unpaired) electrons. The van der Waals surface area contributed by atoms with Crippen molar-refractivity contribution in [1.29, 1.82) is 0 Å². The van der Waals surface area contributed by atoms with E-state index in [1.54, 1.807) is 12.1 Å². The molecule has 0 atom stereocenters. The predicted molar refractivity (Wildman–Crippen MR) is 126 cm³/mol. The summed E-state index contributed by atoms with van der Waals surface area (Å²) in [4.78, 5) is 27.5. The summed E-state index contributed by atoms with van der Waals surface area (Å²) in [6.07, 6.45) is 1.15. The van der Waals surface area contributed by atoms with Gasteiger partial charge >= 0.3 is 0 Å². The Morgan fingerprint density at radius 3 is 2.26 bits per heavy atom. The Kier molecular flexibility index (Phi) is 6.56. The number of carbonyl (C=O) groups is 2. The first-order valence-electron chi connectivity index (χ1n) is 9.91. The van der Waals surface area contributed by atoms with Crippen LogP contribution in [0.5, 0.6) is 0 Å². The number of nitrogens with zero attached hydrogens (tertiary/aromatic N) is 1. The highest BCUT2D eigenvalue weighted by molar-refractivity contribution is 6.41. The van der Waals surface area contributed by atoms with E-state index in [4.69, 9.17) is 34.8 Å². The summed E-state index contributed by atoms with van der Waals surface area (Å²) in [7, 11) is 0. The van der Waals surface area contributed by atoms with Gasteiger partial charge in [0.1, 0.15) is 0 Å². The highest BCUT2D eigenvalue weighted by atomic mass is 35.5. The van der Waals surface area contributed by atoms with Gasteiger partial charge in [0.15, 0.2) is 0 Å². The number of amides is 2. The highest BCUT2D eigenvalue weighted by Gasteiger charge is 2.28. The number of hydrogen-bond acceptors (Lipinski definition) is 3. The van der Waals surface area contributed by atoms with Crippen molar-refractivity contribution in [3.8, 4) is 0 Å². The largest absolute Gasteiger partial charge is 0.339 e. The van der Waals surface area contributed by atoms with E-state index in [0.717, 1.165) is 10.8 Å². The molecule has 3 aromatic rings. The van der Waals surface area contributed by atoms with Gasteiger partial charge in [0.05, 0.1) is 15.7 Å². The maximum absolute atomic E-state index is 13.1. The third-order valence-corrected chi connectivity index (χ3v) is 6.30. The van der Waals surface area contributed by atoms with E-state index in [1.807, 2.05) is 47.4 Å². The van der Waals surface area contributed by atoms with Crippen LogP contribution in [-0.2, 0) is 4.79 Å². The zero-order valence-corrected chi connectivity index (χ0v) is 18.8. The van der Waals surface area contributed by atoms with E-state index in [2.05, 4.69) is 10.9 Å². The summed E-state index contributed by atoms with van der Waals surface area (Å²) < 4.78 is 0. The number of benzene rings is 3. The fourth-order valence-electron chi connectivity index (χ4n) is 3.81. The number of fused-ring (bicyclic) bond motifs is 1. The molecular weight excluding hydrogens is 457 g/mol. The van der Waals surface area contributed by atoms with Gasteiger partial charge in [0.25, 0.3) is 5.91 Å². The van der Waals surface area contributed by atoms with Gasteiger partial charge in [-0.15, -0.1) is 0 Å². The first-order valence-corrected chi connectivity index (χ1v) is 11.0. The van der Waals surface area contributed by atoms with Crippen LogP contribution in [0.15, 0.2) is 54.6 Å². The number of carbonyl (C=O) groups excluding carboxylic acids is 2. The van der Waals surface area contributed by atoms with Gasteiger partial charge in [0, 0.05) is 29.6 Å². The Labute approximate surface area is 195 Å². The van der Waals surface area contributed by atoms with Crippen molar-refractivity contribution in [2.45, 2.75) is 12.8 Å². The molecule has 0 spiro atoms. The number of nitrogens with one attached hydrogen (secondary N) is 2. The molecule has 4 rings (SSSR count). The van der Waals surface area contributed by atoms with Crippen LogP contribution in [0.2, 0.25) is 15.1 Å². The number of hydrazine groups is 1. The van der Waals surface area contributed by atoms with Crippen LogP contribution in [0.3, 0.4) is 0 Å². The van der Waals surface area contributed by atoms with Crippen molar-refractivity contribution < 1.29 is 9.59 Å². The molecule has 0 unspecified atom stereocenters. The lowest BCUT2D eigenvalue weighted by Crippen LogP contribution is -2.44. The third kappa shape index (κ3) is 4.74. The van der Waals surface area contributed by atoms with E-state index in [1.165, 1.54) is 0 Å². The fourth-order valence-corrected chi connectivity index (χ4v) is 4.73. The van der Waals surface area contributed by atoms with Crippen molar-refractivity contribution in [2.24, 2.45) is 5.92 Å². The zero-order chi connectivity index (χ0) is 22.0. The summed E-state index contributed by atoms with van der Waals surface area (Å²) in [6, 6.07) is 16.7. The minimum absolute atomic E-state index is 0.00601. The second kappa shape index (κ2) is 9.35. The number of halogens is 3. The predicted octanol–water partition coefficient (Wildman–Crippen LogP) is 5.80. The van der Waals surface area contributed by atoms with Gasteiger partial charge in [-0.3, -0.25) is 20.4 Å². The minimum Gasteiger partial charge on any atom is -0.339 e. The summed E-state index contributed by atoms with van der Waals surface area (Å²) in [6.45, 7) is 1.03. The van der Waals surface area contributed by atoms with Gasteiger partial charge in [-0.25, -0.2) is 0 Å². The van der Waals surface area contributed by atoms with Crippen molar-refractivity contribution in [3.63, 3.8) is 0 Å². The normalized spacial score (nSPS) is 14.5. The minimum atomic E-state index is -0.214. The Hall–Kier alpha value is -2.47. The molecule has 0 aliphatic carbocycles. The molecule has 8 heteroatoms. The molecule has 1 aliphatic rings. The molecule has 1 heterocycles. The van der Waals surface area contributed by atoms with Crippen LogP contribution in [0, 0.1) is 5.92 Å². The Bertz CT molecular complexity index is 1120. The van der Waals surface area contributed by atoms with Gasteiger partial charge in [-0.2, -0.15) is 0 Å². The molecule has 2 amide bonds. The monoisotopic (exact) mass is 475 g/mol. The molecule has 0 aromatic heterocycles. The van der Waals surface area contributed by atoms with Gasteiger partial charge in [-0.05, 0) is 41.8 Å². The third-order valence-electron chi connectivity index (χ3n) is 5.49. The maximum atomic E-state index is 13.1. The van der Waals surface area contributed by atoms with Crippen LogP contribution >= 0.6 is 34.8 Å². The number of likely N-dealkylation sites (tertiary alicyclic amines) is 1. The van der Waals surface area contributed by atoms with Gasteiger partial charge in [-0.1, -0.05) is 71.2 Å². The smallest absolute Gasteiger partial charge is 0.254 e. The lowest BCUT2D eigenvalue weighted by atomic mass is 9.95. The molecule has 1 fully saturated rings. The van der Waals surface area contributed by atoms with Crippen molar-refractivity contribution in [3.05, 3.63) is 75.2 Å². The Balaban J connectivity index is 1.36. The molecule has 0 saturated carbocycles. The van der Waals surface area contributed by atoms with E-state index >= 15 is 0 Å². The van der Waals surface area contributed by atoms with Crippen LogP contribution in [0.4, 0.5) is 5.69 Å². The molecule has 1 aliphatic heterocycles. The van der Waals surface area contributed by atoms with E-state index in [9.17, 15) is 9.59 Å². The number of anilines is 1. The standard InChI is InChI=1S/C23H20Cl3N3O2/c24-16-12-19(25)21(20(26)13-16)27-28-22(30)15-8-10-29(11-9-15)23(31)18-7-3-5-14-4-1-2-6-17(14)18/h1-7,12-13,15,27H,8-11H2,(H,28,30). The zero-order valence-electron chi connectivity index (χ0n) is 16.5. The van der Waals surface area contributed by atoms with E-state index < -0.39 is 0 Å². The van der Waals surface area contributed by atoms with Crippen LogP contribution < -0.4 is 10.9 Å². The molecule has 0 bridgehead atoms. The lowest BCUT2D eigenvalue weighted by molar-refractivity contribution is -0.125. The van der Waals surface area contributed by atoms with Crippen molar-refractivity contribution in [1.82, 2.24) is 10.3 Å². The fraction of sp³-hybridized carbons (Fsp3) is 0.217. The van der Waals surface area contributed by atoms with Crippen LogP contribution in [0.25, 0.3) is 10.8 Å². The topological polar surface area (TPSA) is 61.4 Å². The first-order chi connectivity index (χ1) is 14.9. The quantitative estimate of drug-likeness (QED) is 0.468. The van der Waals surface area contributed by atoms with Crippen LogP contribution in [-0.4, -0.2) is 29.8 Å². The number of hydrogen-bond donors (Lipinski definition) is 2. The maximum Gasteiger partial charge on any atom is 0.254 e. The summed E-state index contributed by atoms with van der Waals surface area (Å²) in [5, 5.41) is 3.01. The van der Waals surface area contributed by atoms with Crippen molar-refractivity contribution >= 4 is 63.1 Å². The average Bonchev–Trinajstić information content (AvgIpc) is 2.77. The molecule has 3 aromatic carbocycles. The van der Waals surface area contributed by atoms with Gasteiger partial charge in [0.2, 0.25) is 5.91 Å². The molecule has 5 nitrogen and oxygen atoms in total. The number of rotatable bonds is 4. The number of piperidine rings is 1. The van der Waals surface area contributed by atoms with E-state index in [-0.39, 0.29) is 17.7 Å². The highest BCUT2D eigenvalue weighted by Crippen LogP contribution is 2.33. The molecule has 160 valence electrons. The Morgan fingerprint density at radius 2 is 1.55 bits per heavy atom. The summed E-state index contributed by atoms with van der Waals surface area (Å²) in [5.41, 5.74) is 6.53. The van der Waals surface area contributed by atoms with Crippen molar-refractivity contribution in [2.75, 3.05) is 18.5 Å². The van der Waals surface area contributed by atoms with Gasteiger partial charge < -0.3 is 4.90 Å². The molecule has 1 saturated heterocycles. The first kappa shape index (κ1) is 21.8. The molecule has 2 N–H and O–H groups in total. The molecule has 31 heavy (non-hydrogen) atoms.